The molecule has 0 amide bonds. The quantitative estimate of drug-likeness (QED) is 0.594. The van der Waals surface area contributed by atoms with E-state index >= 15 is 0 Å². The lowest BCUT2D eigenvalue weighted by molar-refractivity contribution is 0.101. The van der Waals surface area contributed by atoms with Crippen molar-refractivity contribution in [3.05, 3.63) is 0 Å². The summed E-state index contributed by atoms with van der Waals surface area (Å²) in [5, 5.41) is 3.51. The molecule has 1 atom stereocenters. The molecule has 0 fully saturated rings. The van der Waals surface area contributed by atoms with Crippen molar-refractivity contribution < 1.29 is 4.74 Å². The molecule has 0 radical (unpaired) electrons. The van der Waals surface area contributed by atoms with Crippen molar-refractivity contribution in [3.8, 4) is 0 Å². The molecule has 0 aliphatic rings. The summed E-state index contributed by atoms with van der Waals surface area (Å²) in [4.78, 5) is 0. The molecule has 0 aliphatic heterocycles. The fourth-order valence-corrected chi connectivity index (χ4v) is 2.10. The SMILES string of the molecule is COC(CN)CCNCC(C(C)C)C(C)C. The first-order valence-corrected chi connectivity index (χ1v) is 6.46. The van der Waals surface area contributed by atoms with E-state index in [1.54, 1.807) is 7.11 Å². The maximum absolute atomic E-state index is 5.57. The maximum atomic E-state index is 5.57. The molecule has 98 valence electrons. The second-order valence-electron chi connectivity index (χ2n) is 5.24. The van der Waals surface area contributed by atoms with Crippen LogP contribution in [-0.2, 0) is 4.74 Å². The van der Waals surface area contributed by atoms with Crippen LogP contribution in [0.2, 0.25) is 0 Å². The van der Waals surface area contributed by atoms with Crippen LogP contribution in [0.5, 0.6) is 0 Å². The van der Waals surface area contributed by atoms with Crippen molar-refractivity contribution in [2.75, 3.05) is 26.7 Å². The summed E-state index contributed by atoms with van der Waals surface area (Å²) < 4.78 is 5.24. The normalized spacial score (nSPS) is 14.1. The van der Waals surface area contributed by atoms with Crippen molar-refractivity contribution in [2.24, 2.45) is 23.5 Å². The topological polar surface area (TPSA) is 47.3 Å². The molecular formula is C13H30N2O. The van der Waals surface area contributed by atoms with Gasteiger partial charge in [-0.1, -0.05) is 27.7 Å². The lowest BCUT2D eigenvalue weighted by atomic mass is 9.85. The molecule has 0 spiro atoms. The highest BCUT2D eigenvalue weighted by Crippen LogP contribution is 2.19. The van der Waals surface area contributed by atoms with E-state index < -0.39 is 0 Å². The zero-order valence-corrected chi connectivity index (χ0v) is 11.6. The molecule has 0 aromatic rings. The number of rotatable bonds is 9. The van der Waals surface area contributed by atoms with E-state index in [0.29, 0.717) is 6.54 Å². The van der Waals surface area contributed by atoms with Crippen molar-refractivity contribution in [3.63, 3.8) is 0 Å². The molecule has 0 aromatic carbocycles. The summed E-state index contributed by atoms with van der Waals surface area (Å²) in [6.45, 7) is 11.9. The van der Waals surface area contributed by atoms with Crippen LogP contribution in [0, 0.1) is 17.8 Å². The smallest absolute Gasteiger partial charge is 0.0705 e. The molecule has 0 saturated heterocycles. The van der Waals surface area contributed by atoms with Crippen LogP contribution in [0.3, 0.4) is 0 Å². The first kappa shape index (κ1) is 15.9. The summed E-state index contributed by atoms with van der Waals surface area (Å²) >= 11 is 0. The van der Waals surface area contributed by atoms with E-state index in [0.717, 1.165) is 37.3 Å². The Balaban J connectivity index is 3.70. The van der Waals surface area contributed by atoms with Gasteiger partial charge in [0.25, 0.3) is 0 Å². The molecule has 0 heterocycles. The van der Waals surface area contributed by atoms with Gasteiger partial charge in [-0.05, 0) is 37.3 Å². The number of ether oxygens (including phenoxy) is 1. The third-order valence-corrected chi connectivity index (χ3v) is 3.33. The second kappa shape index (κ2) is 8.97. The van der Waals surface area contributed by atoms with Crippen LogP contribution in [0.25, 0.3) is 0 Å². The number of nitrogens with one attached hydrogen (secondary N) is 1. The summed E-state index contributed by atoms with van der Waals surface area (Å²) in [6.07, 6.45) is 1.19. The van der Waals surface area contributed by atoms with Gasteiger partial charge in [-0.2, -0.15) is 0 Å². The summed E-state index contributed by atoms with van der Waals surface area (Å²) in [5.74, 6) is 2.22. The van der Waals surface area contributed by atoms with Gasteiger partial charge in [0.05, 0.1) is 6.10 Å². The molecule has 0 saturated carbocycles. The van der Waals surface area contributed by atoms with E-state index in [-0.39, 0.29) is 6.10 Å². The van der Waals surface area contributed by atoms with Crippen LogP contribution in [0.1, 0.15) is 34.1 Å². The predicted octanol–water partition coefficient (Wildman–Crippen LogP) is 1.87. The van der Waals surface area contributed by atoms with Gasteiger partial charge in [0.15, 0.2) is 0 Å². The Morgan fingerprint density at radius 2 is 1.69 bits per heavy atom. The van der Waals surface area contributed by atoms with E-state index in [1.807, 2.05) is 0 Å². The van der Waals surface area contributed by atoms with Crippen molar-refractivity contribution in [1.29, 1.82) is 0 Å². The maximum Gasteiger partial charge on any atom is 0.0705 e. The lowest BCUT2D eigenvalue weighted by Gasteiger charge is -2.25. The van der Waals surface area contributed by atoms with Gasteiger partial charge < -0.3 is 15.8 Å². The first-order valence-electron chi connectivity index (χ1n) is 6.46. The van der Waals surface area contributed by atoms with Crippen molar-refractivity contribution >= 4 is 0 Å². The Morgan fingerprint density at radius 3 is 2.06 bits per heavy atom. The highest BCUT2D eigenvalue weighted by Gasteiger charge is 2.16. The van der Waals surface area contributed by atoms with Gasteiger partial charge in [-0.3, -0.25) is 0 Å². The molecular weight excluding hydrogens is 200 g/mol. The standard InChI is InChI=1S/C13H30N2O/c1-10(2)13(11(3)4)9-15-7-6-12(8-14)16-5/h10-13,15H,6-9,14H2,1-5H3. The fourth-order valence-electron chi connectivity index (χ4n) is 2.10. The second-order valence-corrected chi connectivity index (χ2v) is 5.24. The minimum atomic E-state index is 0.198. The molecule has 0 bridgehead atoms. The highest BCUT2D eigenvalue weighted by atomic mass is 16.5. The van der Waals surface area contributed by atoms with Crippen LogP contribution in [0.4, 0.5) is 0 Å². The monoisotopic (exact) mass is 230 g/mol. The van der Waals surface area contributed by atoms with Crippen LogP contribution < -0.4 is 11.1 Å². The molecule has 16 heavy (non-hydrogen) atoms. The van der Waals surface area contributed by atoms with Gasteiger partial charge in [0.2, 0.25) is 0 Å². The predicted molar refractivity (Wildman–Crippen MR) is 70.5 cm³/mol. The molecule has 3 nitrogen and oxygen atoms in total. The average molecular weight is 230 g/mol. The molecule has 0 aromatic heterocycles. The Kier molecular flexibility index (Phi) is 8.90. The Hall–Kier alpha value is -0.120. The van der Waals surface area contributed by atoms with Gasteiger partial charge >= 0.3 is 0 Å². The van der Waals surface area contributed by atoms with Gasteiger partial charge in [0.1, 0.15) is 0 Å². The van der Waals surface area contributed by atoms with Crippen LogP contribution in [0.15, 0.2) is 0 Å². The minimum Gasteiger partial charge on any atom is -0.380 e. The summed E-state index contributed by atoms with van der Waals surface area (Å²) in [6, 6.07) is 0. The van der Waals surface area contributed by atoms with Crippen LogP contribution >= 0.6 is 0 Å². The number of hydrogen-bond acceptors (Lipinski definition) is 3. The third kappa shape index (κ3) is 6.46. The zero-order chi connectivity index (χ0) is 12.6. The van der Waals surface area contributed by atoms with E-state index in [4.69, 9.17) is 10.5 Å². The number of nitrogens with two attached hydrogens (primary N) is 1. The van der Waals surface area contributed by atoms with Crippen LogP contribution in [-0.4, -0.2) is 32.8 Å². The van der Waals surface area contributed by atoms with E-state index in [1.165, 1.54) is 0 Å². The molecule has 0 aliphatic carbocycles. The van der Waals surface area contributed by atoms with E-state index in [9.17, 15) is 0 Å². The number of methoxy groups -OCH3 is 1. The average Bonchev–Trinajstić information content (AvgIpc) is 2.22. The Morgan fingerprint density at radius 1 is 1.12 bits per heavy atom. The molecule has 0 rings (SSSR count). The lowest BCUT2D eigenvalue weighted by Crippen LogP contribution is -2.33. The third-order valence-electron chi connectivity index (χ3n) is 3.33. The Labute approximate surface area is 101 Å². The number of hydrogen-bond donors (Lipinski definition) is 2. The first-order chi connectivity index (χ1) is 7.52. The van der Waals surface area contributed by atoms with Gasteiger partial charge in [0, 0.05) is 13.7 Å². The highest BCUT2D eigenvalue weighted by molar-refractivity contribution is 4.70. The summed E-state index contributed by atoms with van der Waals surface area (Å²) in [7, 11) is 1.72. The largest absolute Gasteiger partial charge is 0.380 e. The zero-order valence-electron chi connectivity index (χ0n) is 11.6. The van der Waals surface area contributed by atoms with Crippen molar-refractivity contribution in [2.45, 2.75) is 40.2 Å². The molecule has 3 N–H and O–H groups in total. The van der Waals surface area contributed by atoms with Gasteiger partial charge in [-0.25, -0.2) is 0 Å². The Bertz CT molecular complexity index is 148. The van der Waals surface area contributed by atoms with Gasteiger partial charge in [-0.15, -0.1) is 0 Å². The minimum absolute atomic E-state index is 0.198. The fraction of sp³-hybridized carbons (Fsp3) is 1.00. The van der Waals surface area contributed by atoms with E-state index in [2.05, 4.69) is 33.0 Å². The van der Waals surface area contributed by atoms with Crippen molar-refractivity contribution in [1.82, 2.24) is 5.32 Å². The molecule has 1 unspecified atom stereocenters. The molecule has 3 heteroatoms. The summed E-state index contributed by atoms with van der Waals surface area (Å²) in [5.41, 5.74) is 5.57.